The van der Waals surface area contributed by atoms with E-state index in [9.17, 15) is 19.8 Å². The first kappa shape index (κ1) is 64.8. The van der Waals surface area contributed by atoms with Crippen molar-refractivity contribution < 1.29 is 24.5 Å². The van der Waals surface area contributed by atoms with Crippen molar-refractivity contribution in [2.45, 2.75) is 315 Å². The number of amides is 1. The van der Waals surface area contributed by atoms with Crippen LogP contribution in [0.4, 0.5) is 0 Å². The van der Waals surface area contributed by atoms with Crippen LogP contribution < -0.4 is 5.32 Å². The lowest BCUT2D eigenvalue weighted by atomic mass is 10.0. The molecule has 0 aromatic heterocycles. The van der Waals surface area contributed by atoms with Crippen molar-refractivity contribution in [3.63, 3.8) is 0 Å². The number of unbranched alkanes of at least 4 members (excludes halogenated alkanes) is 37. The predicted molar refractivity (Wildman–Crippen MR) is 292 cm³/mol. The number of carbonyl (C=O) groups is 2. The van der Waals surface area contributed by atoms with Gasteiger partial charge in [0.15, 0.2) is 0 Å². The van der Waals surface area contributed by atoms with Gasteiger partial charge in [-0.25, -0.2) is 0 Å². The Kier molecular flexibility index (Phi) is 54.6. The Balaban J connectivity index is 3.45. The SMILES string of the molecule is CCCCC/C=C\C/C=C\CCCCCCCCCCCC(=O)OCCCCCCCCCCC/C=C\CCCCCCCC(=O)NC(CO)C(O)/C=C/CCCCCCCCCCCCC. The molecule has 1 amide bonds. The van der Waals surface area contributed by atoms with Gasteiger partial charge in [-0.2, -0.15) is 0 Å². The first-order valence-electron chi connectivity index (χ1n) is 29.4. The predicted octanol–water partition coefficient (Wildman–Crippen LogP) is 18.2. The van der Waals surface area contributed by atoms with Gasteiger partial charge in [0.25, 0.3) is 0 Å². The number of hydrogen-bond donors (Lipinski definition) is 3. The average molecular weight is 941 g/mol. The van der Waals surface area contributed by atoms with E-state index in [-0.39, 0.29) is 18.5 Å². The fraction of sp³-hybridized carbons (Fsp3) is 0.836. The Morgan fingerprint density at radius 2 is 0.746 bits per heavy atom. The maximum Gasteiger partial charge on any atom is 0.305 e. The van der Waals surface area contributed by atoms with Crippen molar-refractivity contribution >= 4 is 11.9 Å². The minimum Gasteiger partial charge on any atom is -0.466 e. The summed E-state index contributed by atoms with van der Waals surface area (Å²) < 4.78 is 5.49. The van der Waals surface area contributed by atoms with Gasteiger partial charge in [-0.05, 0) is 89.9 Å². The molecule has 0 radical (unpaired) electrons. The molecule has 0 rings (SSSR count). The molecule has 6 nitrogen and oxygen atoms in total. The van der Waals surface area contributed by atoms with E-state index in [2.05, 4.69) is 55.6 Å². The van der Waals surface area contributed by atoms with Crippen LogP contribution in [0.5, 0.6) is 0 Å². The zero-order valence-electron chi connectivity index (χ0n) is 44.6. The lowest BCUT2D eigenvalue weighted by Crippen LogP contribution is -2.45. The molecule has 3 N–H and O–H groups in total. The Labute approximate surface area is 416 Å². The third kappa shape index (κ3) is 53.0. The second-order valence-electron chi connectivity index (χ2n) is 20.0. The van der Waals surface area contributed by atoms with Gasteiger partial charge in [-0.3, -0.25) is 9.59 Å². The Morgan fingerprint density at radius 3 is 1.18 bits per heavy atom. The summed E-state index contributed by atoms with van der Waals surface area (Å²) in [6.07, 6.45) is 71.3. The van der Waals surface area contributed by atoms with E-state index in [0.717, 1.165) is 70.6 Å². The fourth-order valence-corrected chi connectivity index (χ4v) is 8.78. The van der Waals surface area contributed by atoms with Gasteiger partial charge in [0.05, 0.1) is 25.4 Å². The summed E-state index contributed by atoms with van der Waals surface area (Å²) in [4.78, 5) is 24.5. The zero-order valence-corrected chi connectivity index (χ0v) is 44.6. The van der Waals surface area contributed by atoms with E-state index in [4.69, 9.17) is 4.74 Å². The minimum absolute atomic E-state index is 0.00217. The van der Waals surface area contributed by atoms with Gasteiger partial charge in [0.1, 0.15) is 0 Å². The highest BCUT2D eigenvalue weighted by molar-refractivity contribution is 5.76. The summed E-state index contributed by atoms with van der Waals surface area (Å²) in [6, 6.07) is -0.638. The molecule has 0 bridgehead atoms. The number of ether oxygens (including phenoxy) is 1. The normalized spacial score (nSPS) is 13.0. The number of aliphatic hydroxyl groups is 2. The van der Waals surface area contributed by atoms with Crippen LogP contribution in [0.1, 0.15) is 303 Å². The summed E-state index contributed by atoms with van der Waals surface area (Å²) in [6.45, 7) is 4.86. The van der Waals surface area contributed by atoms with Crippen molar-refractivity contribution in [1.82, 2.24) is 5.32 Å². The molecular weight excluding hydrogens is 827 g/mol. The number of rotatable bonds is 54. The van der Waals surface area contributed by atoms with Crippen molar-refractivity contribution in [2.75, 3.05) is 13.2 Å². The number of carbonyl (C=O) groups excluding carboxylic acids is 2. The minimum atomic E-state index is -0.853. The van der Waals surface area contributed by atoms with E-state index in [1.165, 1.54) is 205 Å². The highest BCUT2D eigenvalue weighted by Crippen LogP contribution is 2.16. The lowest BCUT2D eigenvalue weighted by Gasteiger charge is -2.20. The maximum absolute atomic E-state index is 12.4. The van der Waals surface area contributed by atoms with Gasteiger partial charge in [-0.15, -0.1) is 0 Å². The van der Waals surface area contributed by atoms with E-state index >= 15 is 0 Å². The summed E-state index contributed by atoms with van der Waals surface area (Å²) in [7, 11) is 0. The molecule has 392 valence electrons. The van der Waals surface area contributed by atoms with Gasteiger partial charge < -0.3 is 20.3 Å². The second-order valence-corrected chi connectivity index (χ2v) is 20.0. The van der Waals surface area contributed by atoms with Crippen LogP contribution in [-0.4, -0.2) is 47.4 Å². The number of esters is 1. The van der Waals surface area contributed by atoms with Crippen molar-refractivity contribution in [3.8, 4) is 0 Å². The molecule has 0 saturated carbocycles. The molecule has 0 aromatic rings. The number of hydrogen-bond acceptors (Lipinski definition) is 5. The molecule has 6 heteroatoms. The molecule has 67 heavy (non-hydrogen) atoms. The summed E-state index contributed by atoms with van der Waals surface area (Å²) in [5.74, 6) is -0.0853. The molecule has 2 unspecified atom stereocenters. The van der Waals surface area contributed by atoms with E-state index in [0.29, 0.717) is 19.4 Å². The number of aliphatic hydroxyl groups excluding tert-OH is 2. The first-order valence-corrected chi connectivity index (χ1v) is 29.4. The Bertz CT molecular complexity index is 1130. The van der Waals surface area contributed by atoms with Gasteiger partial charge >= 0.3 is 5.97 Å². The lowest BCUT2D eigenvalue weighted by molar-refractivity contribution is -0.143. The topological polar surface area (TPSA) is 95.9 Å². The summed E-state index contributed by atoms with van der Waals surface area (Å²) >= 11 is 0. The van der Waals surface area contributed by atoms with Gasteiger partial charge in [0, 0.05) is 12.8 Å². The summed E-state index contributed by atoms with van der Waals surface area (Å²) in [5, 5.41) is 23.0. The fourth-order valence-electron chi connectivity index (χ4n) is 8.78. The summed E-state index contributed by atoms with van der Waals surface area (Å²) in [5.41, 5.74) is 0. The third-order valence-corrected chi connectivity index (χ3v) is 13.3. The van der Waals surface area contributed by atoms with Crippen molar-refractivity contribution in [2.24, 2.45) is 0 Å². The largest absolute Gasteiger partial charge is 0.466 e. The van der Waals surface area contributed by atoms with E-state index < -0.39 is 12.1 Å². The smallest absolute Gasteiger partial charge is 0.305 e. The molecule has 0 saturated heterocycles. The highest BCUT2D eigenvalue weighted by atomic mass is 16.5. The maximum atomic E-state index is 12.4. The molecule has 0 aliphatic rings. The number of nitrogens with one attached hydrogen (secondary N) is 1. The zero-order chi connectivity index (χ0) is 48.6. The van der Waals surface area contributed by atoms with Crippen molar-refractivity contribution in [3.05, 3.63) is 48.6 Å². The molecule has 0 heterocycles. The molecule has 0 spiro atoms. The number of allylic oxidation sites excluding steroid dienone is 7. The van der Waals surface area contributed by atoms with E-state index in [1.807, 2.05) is 6.08 Å². The third-order valence-electron chi connectivity index (χ3n) is 13.3. The highest BCUT2D eigenvalue weighted by Gasteiger charge is 2.18. The second kappa shape index (κ2) is 56.4. The standard InChI is InChI=1S/C61H113NO5/c1-3-5-7-9-11-13-15-17-18-19-20-24-27-31-35-39-43-47-51-55-61(66)67-56-52-48-44-40-36-32-28-25-22-21-23-26-30-34-38-42-46-50-54-60(65)62-58(57-63)59(64)53-49-45-41-37-33-29-16-14-12-10-8-6-4-2/h11,13,17-18,23,26,49,53,58-59,63-64H,3-10,12,14-16,19-22,24-25,27-48,50-52,54-57H2,1-2H3,(H,62,65)/b13-11-,18-17-,26-23-,53-49+. The van der Waals surface area contributed by atoms with Crippen LogP contribution in [0.3, 0.4) is 0 Å². The van der Waals surface area contributed by atoms with Gasteiger partial charge in [-0.1, -0.05) is 249 Å². The monoisotopic (exact) mass is 940 g/mol. The van der Waals surface area contributed by atoms with Crippen LogP contribution in [0.25, 0.3) is 0 Å². The van der Waals surface area contributed by atoms with Crippen LogP contribution in [0.2, 0.25) is 0 Å². The molecule has 0 aliphatic carbocycles. The molecule has 0 aromatic carbocycles. The van der Waals surface area contributed by atoms with Crippen LogP contribution in [0, 0.1) is 0 Å². The quantitative estimate of drug-likeness (QED) is 0.0321. The molecule has 0 aliphatic heterocycles. The Morgan fingerprint density at radius 1 is 0.418 bits per heavy atom. The molecular formula is C61H113NO5. The Hall–Kier alpha value is -2.18. The van der Waals surface area contributed by atoms with Crippen LogP contribution in [0.15, 0.2) is 48.6 Å². The van der Waals surface area contributed by atoms with Crippen LogP contribution >= 0.6 is 0 Å². The van der Waals surface area contributed by atoms with Crippen LogP contribution in [-0.2, 0) is 14.3 Å². The molecule has 2 atom stereocenters. The first-order chi connectivity index (χ1) is 33.0. The average Bonchev–Trinajstić information content (AvgIpc) is 3.33. The van der Waals surface area contributed by atoms with Gasteiger partial charge in [0.2, 0.25) is 5.91 Å². The van der Waals surface area contributed by atoms with Crippen molar-refractivity contribution in [1.29, 1.82) is 0 Å². The van der Waals surface area contributed by atoms with E-state index in [1.54, 1.807) is 6.08 Å². The molecule has 0 fully saturated rings.